The van der Waals surface area contributed by atoms with E-state index in [1.54, 1.807) is 4.90 Å². The van der Waals surface area contributed by atoms with Gasteiger partial charge >= 0.3 is 12.1 Å². The van der Waals surface area contributed by atoms with Gasteiger partial charge in [0.05, 0.1) is 0 Å². The molecule has 2 bridgehead atoms. The minimum atomic E-state index is -0.468. The van der Waals surface area contributed by atoms with Gasteiger partial charge in [-0.3, -0.25) is 0 Å². The molecule has 0 aromatic carbocycles. The average molecular weight is 325 g/mol. The topological polar surface area (TPSA) is 61.9 Å². The molecule has 2 rings (SSSR count). The Kier molecular flexibility index (Phi) is 5.42. The van der Waals surface area contributed by atoms with Gasteiger partial charge in [-0.05, 0) is 60.3 Å². The number of nitrogens with zero attached hydrogens (tertiary/aromatic N) is 2. The van der Waals surface area contributed by atoms with Crippen molar-refractivity contribution in [2.45, 2.75) is 84.0 Å². The lowest BCUT2D eigenvalue weighted by atomic mass is 9.98. The van der Waals surface area contributed by atoms with Gasteiger partial charge in [-0.2, -0.15) is 0 Å². The average Bonchev–Trinajstić information content (AvgIpc) is 2.70. The van der Waals surface area contributed by atoms with Crippen LogP contribution < -0.4 is 5.32 Å². The van der Waals surface area contributed by atoms with Gasteiger partial charge in [-0.25, -0.2) is 9.59 Å². The van der Waals surface area contributed by atoms with Crippen molar-refractivity contribution >= 4 is 12.1 Å². The number of rotatable bonds is 3. The quantitative estimate of drug-likeness (QED) is 0.868. The van der Waals surface area contributed by atoms with Crippen molar-refractivity contribution in [2.24, 2.45) is 0 Å². The zero-order valence-electron chi connectivity index (χ0n) is 15.1. The molecule has 2 aliphatic rings. The third-order valence-corrected chi connectivity index (χ3v) is 4.72. The molecule has 2 unspecified atom stereocenters. The molecule has 2 saturated heterocycles. The summed E-state index contributed by atoms with van der Waals surface area (Å²) in [4.78, 5) is 28.3. The van der Waals surface area contributed by atoms with E-state index in [4.69, 9.17) is 4.74 Å². The van der Waals surface area contributed by atoms with E-state index in [1.807, 2.05) is 39.5 Å². The van der Waals surface area contributed by atoms with Crippen LogP contribution in [0.1, 0.15) is 60.3 Å². The van der Waals surface area contributed by atoms with Gasteiger partial charge in [0.15, 0.2) is 0 Å². The molecule has 2 atom stereocenters. The van der Waals surface area contributed by atoms with Crippen LogP contribution in [0.5, 0.6) is 0 Å². The third-order valence-electron chi connectivity index (χ3n) is 4.72. The minimum absolute atomic E-state index is 0.00474. The van der Waals surface area contributed by atoms with Crippen LogP contribution in [0, 0.1) is 0 Å². The second-order valence-electron chi connectivity index (χ2n) is 7.56. The second-order valence-corrected chi connectivity index (χ2v) is 7.56. The van der Waals surface area contributed by atoms with Gasteiger partial charge in [0.1, 0.15) is 5.60 Å². The molecule has 6 nitrogen and oxygen atoms in total. The van der Waals surface area contributed by atoms with Gasteiger partial charge in [-0.1, -0.05) is 0 Å². The summed E-state index contributed by atoms with van der Waals surface area (Å²) in [6.07, 6.45) is 3.44. The molecule has 0 spiro atoms. The zero-order valence-corrected chi connectivity index (χ0v) is 15.1. The Hall–Kier alpha value is -1.46. The van der Waals surface area contributed by atoms with Gasteiger partial charge < -0.3 is 19.9 Å². The number of hydrogen-bond donors (Lipinski definition) is 1. The van der Waals surface area contributed by atoms with Crippen molar-refractivity contribution in [1.29, 1.82) is 0 Å². The summed E-state index contributed by atoms with van der Waals surface area (Å²) in [5, 5.41) is 3.14. The molecular formula is C17H31N3O3. The van der Waals surface area contributed by atoms with Crippen molar-refractivity contribution in [3.05, 3.63) is 0 Å². The van der Waals surface area contributed by atoms with Crippen LogP contribution in [0.4, 0.5) is 9.59 Å². The molecule has 0 aromatic heterocycles. The van der Waals surface area contributed by atoms with E-state index in [0.717, 1.165) is 25.7 Å². The largest absolute Gasteiger partial charge is 0.444 e. The standard InChI is InChI=1S/C17H31N3O3/c1-6-19(7-2)15(21)18-12-10-13-8-9-14(11-12)20(13)16(22)23-17(3,4)5/h12-14H,6-11H2,1-5H3,(H,18,21). The first-order valence-electron chi connectivity index (χ1n) is 8.81. The number of carbonyl (C=O) groups excluding carboxylic acids is 2. The molecule has 2 aliphatic heterocycles. The van der Waals surface area contributed by atoms with E-state index in [0.29, 0.717) is 13.1 Å². The molecule has 2 heterocycles. The summed E-state index contributed by atoms with van der Waals surface area (Å²) in [5.74, 6) is 0. The Morgan fingerprint density at radius 3 is 2.09 bits per heavy atom. The summed E-state index contributed by atoms with van der Waals surface area (Å²) >= 11 is 0. The summed E-state index contributed by atoms with van der Waals surface area (Å²) in [5.41, 5.74) is -0.468. The van der Waals surface area contributed by atoms with Gasteiger partial charge in [0, 0.05) is 31.2 Å². The third kappa shape index (κ3) is 4.30. The Bertz CT molecular complexity index is 429. The lowest BCUT2D eigenvalue weighted by Crippen LogP contribution is -2.55. The first-order valence-corrected chi connectivity index (χ1v) is 8.81. The first-order chi connectivity index (χ1) is 10.7. The van der Waals surface area contributed by atoms with E-state index < -0.39 is 5.60 Å². The van der Waals surface area contributed by atoms with E-state index >= 15 is 0 Å². The fourth-order valence-electron chi connectivity index (χ4n) is 3.68. The highest BCUT2D eigenvalue weighted by atomic mass is 16.6. The lowest BCUT2D eigenvalue weighted by Gasteiger charge is -2.40. The van der Waals surface area contributed by atoms with E-state index in [1.165, 1.54) is 0 Å². The number of carbonyl (C=O) groups is 2. The normalized spacial score (nSPS) is 26.8. The molecule has 23 heavy (non-hydrogen) atoms. The number of fused-ring (bicyclic) bond motifs is 2. The predicted octanol–water partition coefficient (Wildman–Crippen LogP) is 2.97. The Morgan fingerprint density at radius 2 is 1.65 bits per heavy atom. The SMILES string of the molecule is CCN(CC)C(=O)NC1CC2CCC(C1)N2C(=O)OC(C)(C)C. The van der Waals surface area contributed by atoms with Crippen LogP contribution in [0.3, 0.4) is 0 Å². The first kappa shape index (κ1) is 17.9. The van der Waals surface area contributed by atoms with Crippen molar-refractivity contribution in [3.63, 3.8) is 0 Å². The fourth-order valence-corrected chi connectivity index (χ4v) is 3.68. The monoisotopic (exact) mass is 325 g/mol. The van der Waals surface area contributed by atoms with E-state index in [9.17, 15) is 9.59 Å². The van der Waals surface area contributed by atoms with Crippen LogP contribution in [0.2, 0.25) is 0 Å². The van der Waals surface area contributed by atoms with Crippen molar-refractivity contribution in [3.8, 4) is 0 Å². The maximum Gasteiger partial charge on any atom is 0.410 e. The van der Waals surface area contributed by atoms with Crippen LogP contribution in [-0.2, 0) is 4.74 Å². The van der Waals surface area contributed by atoms with E-state index in [2.05, 4.69) is 5.32 Å². The summed E-state index contributed by atoms with van der Waals surface area (Å²) < 4.78 is 5.54. The molecule has 3 amide bonds. The van der Waals surface area contributed by atoms with E-state index in [-0.39, 0.29) is 30.2 Å². The number of ether oxygens (including phenoxy) is 1. The number of nitrogens with one attached hydrogen (secondary N) is 1. The second kappa shape index (κ2) is 6.97. The maximum atomic E-state index is 12.4. The van der Waals surface area contributed by atoms with Crippen LogP contribution in [-0.4, -0.2) is 58.7 Å². The van der Waals surface area contributed by atoms with Crippen LogP contribution in [0.15, 0.2) is 0 Å². The van der Waals surface area contributed by atoms with Gasteiger partial charge in [0.2, 0.25) is 0 Å². The number of hydrogen-bond acceptors (Lipinski definition) is 3. The summed E-state index contributed by atoms with van der Waals surface area (Å²) in [7, 11) is 0. The molecule has 2 fully saturated rings. The van der Waals surface area contributed by atoms with Crippen LogP contribution >= 0.6 is 0 Å². The highest BCUT2D eigenvalue weighted by Gasteiger charge is 2.45. The summed E-state index contributed by atoms with van der Waals surface area (Å²) in [6.45, 7) is 11.1. The smallest absolute Gasteiger partial charge is 0.410 e. The fraction of sp³-hybridized carbons (Fsp3) is 0.882. The van der Waals surface area contributed by atoms with Crippen LogP contribution in [0.25, 0.3) is 0 Å². The summed E-state index contributed by atoms with van der Waals surface area (Å²) in [6, 6.07) is 0.528. The van der Waals surface area contributed by atoms with Crippen molar-refractivity contribution in [2.75, 3.05) is 13.1 Å². The number of piperidine rings is 1. The highest BCUT2D eigenvalue weighted by Crippen LogP contribution is 2.36. The van der Waals surface area contributed by atoms with Crippen molar-refractivity contribution in [1.82, 2.24) is 15.1 Å². The molecule has 0 radical (unpaired) electrons. The zero-order chi connectivity index (χ0) is 17.2. The molecule has 0 aliphatic carbocycles. The van der Waals surface area contributed by atoms with Gasteiger partial charge in [0.25, 0.3) is 0 Å². The Morgan fingerprint density at radius 1 is 1.13 bits per heavy atom. The molecule has 6 heteroatoms. The van der Waals surface area contributed by atoms with Crippen molar-refractivity contribution < 1.29 is 14.3 Å². The lowest BCUT2D eigenvalue weighted by molar-refractivity contribution is 0.00511. The Balaban J connectivity index is 1.94. The molecular weight excluding hydrogens is 294 g/mol. The molecule has 132 valence electrons. The molecule has 1 N–H and O–H groups in total. The number of urea groups is 1. The Labute approximate surface area is 139 Å². The number of amides is 3. The molecule has 0 aromatic rings. The highest BCUT2D eigenvalue weighted by molar-refractivity contribution is 5.74. The maximum absolute atomic E-state index is 12.4. The minimum Gasteiger partial charge on any atom is -0.444 e. The molecule has 0 saturated carbocycles. The van der Waals surface area contributed by atoms with Gasteiger partial charge in [-0.15, -0.1) is 0 Å². The predicted molar refractivity (Wildman–Crippen MR) is 89.4 cm³/mol.